The fourth-order valence-corrected chi connectivity index (χ4v) is 3.08. The molecule has 0 saturated carbocycles. The molecule has 1 aromatic carbocycles. The highest BCUT2D eigenvalue weighted by Gasteiger charge is 2.26. The Labute approximate surface area is 91.2 Å². The van der Waals surface area contributed by atoms with Crippen LogP contribution < -0.4 is 0 Å². The van der Waals surface area contributed by atoms with Crippen molar-refractivity contribution in [2.45, 2.75) is 9.79 Å². The van der Waals surface area contributed by atoms with E-state index in [9.17, 15) is 21.6 Å². The van der Waals surface area contributed by atoms with Gasteiger partial charge in [0.25, 0.3) is 20.2 Å². The summed E-state index contributed by atoms with van der Waals surface area (Å²) in [4.78, 5) is 8.33. The number of hydrogen-bond acceptors (Lipinski definition) is 5. The lowest BCUT2D eigenvalue weighted by molar-refractivity contribution is 0.111. The fourth-order valence-electron chi connectivity index (χ4n) is 1.10. The molecule has 7 nitrogen and oxygen atoms in total. The van der Waals surface area contributed by atoms with Gasteiger partial charge in [-0.25, -0.2) is 0 Å². The molecule has 9 heteroatoms. The molecule has 0 aromatic heterocycles. The van der Waals surface area contributed by atoms with E-state index in [4.69, 9.17) is 9.11 Å². The average molecular weight is 266 g/mol. The number of benzene rings is 1. The third kappa shape index (κ3) is 2.44. The Kier molecular flexibility index (Phi) is 3.15. The molecule has 1 rings (SSSR count). The largest absolute Gasteiger partial charge is 0.298 e. The van der Waals surface area contributed by atoms with E-state index in [2.05, 4.69) is 0 Å². The Hall–Kier alpha value is -1.29. The first-order valence-electron chi connectivity index (χ1n) is 3.71. The molecule has 16 heavy (non-hydrogen) atoms. The van der Waals surface area contributed by atoms with Gasteiger partial charge in [-0.2, -0.15) is 16.8 Å². The van der Waals surface area contributed by atoms with Crippen LogP contribution in [0, 0.1) is 0 Å². The summed E-state index contributed by atoms with van der Waals surface area (Å²) in [5, 5.41) is 0. The molecule has 0 saturated heterocycles. The molecule has 0 spiro atoms. The normalized spacial score (nSPS) is 12.4. The molecule has 0 aliphatic heterocycles. The molecular formula is C7H6O7S2. The Morgan fingerprint density at radius 2 is 1.56 bits per heavy atom. The van der Waals surface area contributed by atoms with Crippen molar-refractivity contribution in [2.24, 2.45) is 0 Å². The van der Waals surface area contributed by atoms with Crippen LogP contribution in [-0.2, 0) is 20.2 Å². The van der Waals surface area contributed by atoms with E-state index in [0.717, 1.165) is 18.2 Å². The molecule has 88 valence electrons. The third-order valence-electron chi connectivity index (χ3n) is 1.67. The van der Waals surface area contributed by atoms with Crippen LogP contribution in [0.5, 0.6) is 0 Å². The van der Waals surface area contributed by atoms with Crippen molar-refractivity contribution in [1.82, 2.24) is 0 Å². The molecule has 0 unspecified atom stereocenters. The highest BCUT2D eigenvalue weighted by Crippen LogP contribution is 2.23. The van der Waals surface area contributed by atoms with Crippen molar-refractivity contribution in [1.29, 1.82) is 0 Å². The highest BCUT2D eigenvalue weighted by molar-refractivity contribution is 7.89. The summed E-state index contributed by atoms with van der Waals surface area (Å²) in [5.41, 5.74) is -0.558. The minimum absolute atomic E-state index is 0.0534. The van der Waals surface area contributed by atoms with E-state index < -0.39 is 35.6 Å². The lowest BCUT2D eigenvalue weighted by atomic mass is 10.2. The first-order chi connectivity index (χ1) is 7.18. The molecule has 0 amide bonds. The van der Waals surface area contributed by atoms with Gasteiger partial charge in [-0.3, -0.25) is 13.9 Å². The quantitative estimate of drug-likeness (QED) is 0.582. The molecule has 0 bridgehead atoms. The predicted octanol–water partition coefficient (Wildman–Crippen LogP) is -0.00750. The van der Waals surface area contributed by atoms with Crippen LogP contribution in [0.15, 0.2) is 28.0 Å². The summed E-state index contributed by atoms with van der Waals surface area (Å²) in [5.74, 6) is 0. The van der Waals surface area contributed by atoms with E-state index in [1.165, 1.54) is 0 Å². The average Bonchev–Trinajstić information content (AvgIpc) is 2.13. The summed E-state index contributed by atoms with van der Waals surface area (Å²) in [6.07, 6.45) is 0.0534. The van der Waals surface area contributed by atoms with Gasteiger partial charge in [-0.05, 0) is 6.07 Å². The van der Waals surface area contributed by atoms with Crippen LogP contribution in [0.4, 0.5) is 0 Å². The van der Waals surface area contributed by atoms with Crippen molar-refractivity contribution in [3.05, 3.63) is 23.8 Å². The fraction of sp³-hybridized carbons (Fsp3) is 0. The zero-order chi connectivity index (χ0) is 12.6. The molecule has 0 aliphatic carbocycles. The van der Waals surface area contributed by atoms with Gasteiger partial charge in [0.05, 0.1) is 0 Å². The van der Waals surface area contributed by atoms with Crippen molar-refractivity contribution in [3.63, 3.8) is 0 Å². The van der Waals surface area contributed by atoms with Crippen molar-refractivity contribution in [3.8, 4) is 0 Å². The molecule has 0 heterocycles. The van der Waals surface area contributed by atoms with Gasteiger partial charge in [0, 0.05) is 5.56 Å². The van der Waals surface area contributed by atoms with E-state index in [0.29, 0.717) is 0 Å². The van der Waals surface area contributed by atoms with Crippen molar-refractivity contribution < 1.29 is 30.7 Å². The van der Waals surface area contributed by atoms with Gasteiger partial charge in [0.15, 0.2) is 6.29 Å². The van der Waals surface area contributed by atoms with Gasteiger partial charge in [-0.1, -0.05) is 12.1 Å². The monoisotopic (exact) mass is 266 g/mol. The number of hydrogen-bond donors (Lipinski definition) is 2. The van der Waals surface area contributed by atoms with Crippen LogP contribution >= 0.6 is 0 Å². The van der Waals surface area contributed by atoms with Crippen molar-refractivity contribution >= 4 is 26.5 Å². The Morgan fingerprint density at radius 1 is 1.00 bits per heavy atom. The predicted molar refractivity (Wildman–Crippen MR) is 51.5 cm³/mol. The Bertz CT molecular complexity index is 627. The number of carbonyl (C=O) groups excluding carboxylic acids is 1. The first-order valence-corrected chi connectivity index (χ1v) is 6.59. The lowest BCUT2D eigenvalue weighted by Crippen LogP contribution is -2.11. The van der Waals surface area contributed by atoms with Crippen LogP contribution in [0.2, 0.25) is 0 Å². The van der Waals surface area contributed by atoms with Gasteiger partial charge >= 0.3 is 0 Å². The minimum Gasteiger partial charge on any atom is -0.298 e. The van der Waals surface area contributed by atoms with E-state index >= 15 is 0 Å². The zero-order valence-corrected chi connectivity index (χ0v) is 9.19. The second-order valence-corrected chi connectivity index (χ2v) is 5.49. The number of carbonyl (C=O) groups is 1. The minimum atomic E-state index is -4.93. The summed E-state index contributed by atoms with van der Waals surface area (Å²) in [6, 6.07) is 2.80. The third-order valence-corrected chi connectivity index (χ3v) is 3.67. The maximum atomic E-state index is 10.9. The van der Waals surface area contributed by atoms with Crippen molar-refractivity contribution in [2.75, 3.05) is 0 Å². The molecule has 2 N–H and O–H groups in total. The van der Waals surface area contributed by atoms with Gasteiger partial charge < -0.3 is 0 Å². The molecule has 1 aromatic rings. The van der Waals surface area contributed by atoms with E-state index in [1.807, 2.05) is 0 Å². The summed E-state index contributed by atoms with van der Waals surface area (Å²) < 4.78 is 61.0. The Morgan fingerprint density at radius 3 is 1.94 bits per heavy atom. The van der Waals surface area contributed by atoms with E-state index in [1.54, 1.807) is 0 Å². The van der Waals surface area contributed by atoms with E-state index in [-0.39, 0.29) is 6.29 Å². The van der Waals surface area contributed by atoms with Crippen LogP contribution in [0.3, 0.4) is 0 Å². The molecular weight excluding hydrogens is 260 g/mol. The Balaban J connectivity index is 3.86. The molecule has 0 aliphatic rings. The lowest BCUT2D eigenvalue weighted by Gasteiger charge is -2.05. The SMILES string of the molecule is O=Cc1cccc(S(=O)(=O)O)c1S(=O)(=O)O. The second-order valence-electron chi connectivity index (χ2n) is 2.74. The smallest absolute Gasteiger partial charge is 0.296 e. The van der Waals surface area contributed by atoms with Crippen LogP contribution in [0.25, 0.3) is 0 Å². The molecule has 0 fully saturated rings. The standard InChI is InChI=1S/C7H6O7S2/c8-4-5-2-1-3-6(15(9,10)11)7(5)16(12,13)14/h1-4H,(H,9,10,11)(H,12,13,14). The summed E-state index contributed by atoms with van der Waals surface area (Å²) in [7, 11) is -9.78. The zero-order valence-electron chi connectivity index (χ0n) is 7.56. The number of aldehydes is 1. The van der Waals surface area contributed by atoms with Gasteiger partial charge in [0.2, 0.25) is 0 Å². The first kappa shape index (κ1) is 12.8. The maximum Gasteiger partial charge on any atom is 0.296 e. The molecule has 0 atom stereocenters. The molecule has 0 radical (unpaired) electrons. The highest BCUT2D eigenvalue weighted by atomic mass is 32.2. The van der Waals surface area contributed by atoms with Crippen LogP contribution in [0.1, 0.15) is 10.4 Å². The maximum absolute atomic E-state index is 10.9. The van der Waals surface area contributed by atoms with Gasteiger partial charge in [-0.15, -0.1) is 0 Å². The van der Waals surface area contributed by atoms with Gasteiger partial charge in [0.1, 0.15) is 9.79 Å². The summed E-state index contributed by atoms with van der Waals surface area (Å²) >= 11 is 0. The topological polar surface area (TPSA) is 126 Å². The van der Waals surface area contributed by atoms with Crippen LogP contribution in [-0.4, -0.2) is 32.2 Å². The second kappa shape index (κ2) is 3.94. The number of rotatable bonds is 3. The summed E-state index contributed by atoms with van der Waals surface area (Å²) in [6.45, 7) is 0.